The first-order valence-corrected chi connectivity index (χ1v) is 9.44. The second-order valence-electron chi connectivity index (χ2n) is 5.48. The van der Waals surface area contributed by atoms with E-state index in [9.17, 15) is 5.11 Å². The fourth-order valence-electron chi connectivity index (χ4n) is 2.25. The van der Waals surface area contributed by atoms with E-state index in [0.717, 1.165) is 0 Å². The molecule has 3 rings (SSSR count). The quantitative estimate of drug-likeness (QED) is 0.518. The smallest absolute Gasteiger partial charge is 0.230 e. The summed E-state index contributed by atoms with van der Waals surface area (Å²) in [5.74, 6) is 0.874. The molecule has 2 aromatic carbocycles. The average Bonchev–Trinajstić information content (AvgIpc) is 2.70. The van der Waals surface area contributed by atoms with Gasteiger partial charge in [-0.2, -0.15) is 15.5 Å². The van der Waals surface area contributed by atoms with E-state index in [0.29, 0.717) is 37.2 Å². The molecular weight excluding hydrogens is 490 g/mol. The maximum Gasteiger partial charge on any atom is 0.230 e. The van der Waals surface area contributed by atoms with Gasteiger partial charge in [-0.15, -0.1) is 0 Å². The SMILES string of the molecule is N#Cc1ccc(Nc2nc(CO)cc(Oc3c(Br)cc(C#N)cc3Br)n2)cc1. The molecule has 1 aromatic heterocycles. The summed E-state index contributed by atoms with van der Waals surface area (Å²) in [6, 6.07) is 15.7. The summed E-state index contributed by atoms with van der Waals surface area (Å²) in [4.78, 5) is 8.53. The fourth-order valence-corrected chi connectivity index (χ4v) is 3.59. The molecule has 0 saturated heterocycles. The van der Waals surface area contributed by atoms with Crippen molar-refractivity contribution in [2.45, 2.75) is 6.61 Å². The number of nitrogens with one attached hydrogen (secondary N) is 1. The van der Waals surface area contributed by atoms with Crippen molar-refractivity contribution in [1.29, 1.82) is 10.5 Å². The van der Waals surface area contributed by atoms with Crippen LogP contribution in [0.1, 0.15) is 16.8 Å². The van der Waals surface area contributed by atoms with Crippen molar-refractivity contribution < 1.29 is 9.84 Å². The fraction of sp³-hybridized carbons (Fsp3) is 0.0526. The van der Waals surface area contributed by atoms with E-state index in [1.165, 1.54) is 6.07 Å². The first-order valence-electron chi connectivity index (χ1n) is 7.85. The summed E-state index contributed by atoms with van der Waals surface area (Å²) in [5.41, 5.74) is 2.05. The normalized spacial score (nSPS) is 10.0. The molecule has 0 aliphatic heterocycles. The topological polar surface area (TPSA) is 115 Å². The molecule has 0 aliphatic carbocycles. The van der Waals surface area contributed by atoms with E-state index in [2.05, 4.69) is 59.3 Å². The summed E-state index contributed by atoms with van der Waals surface area (Å²) in [5, 5.41) is 30.4. The number of ether oxygens (including phenoxy) is 1. The zero-order valence-electron chi connectivity index (χ0n) is 14.1. The number of halogens is 2. The Hall–Kier alpha value is -2.98. The molecule has 9 heteroatoms. The van der Waals surface area contributed by atoms with Gasteiger partial charge in [0.15, 0.2) is 5.75 Å². The van der Waals surface area contributed by atoms with Crippen molar-refractivity contribution in [2.24, 2.45) is 0 Å². The lowest BCUT2D eigenvalue weighted by Gasteiger charge is -2.12. The van der Waals surface area contributed by atoms with Gasteiger partial charge in [-0.25, -0.2) is 4.98 Å². The first kappa shape index (κ1) is 19.8. The van der Waals surface area contributed by atoms with Crippen LogP contribution in [0.2, 0.25) is 0 Å². The van der Waals surface area contributed by atoms with E-state index in [1.807, 2.05) is 0 Å². The van der Waals surface area contributed by atoms with Crippen LogP contribution in [-0.4, -0.2) is 15.1 Å². The highest BCUT2D eigenvalue weighted by molar-refractivity contribution is 9.11. The van der Waals surface area contributed by atoms with Crippen molar-refractivity contribution in [3.63, 3.8) is 0 Å². The Kier molecular flexibility index (Phi) is 6.22. The minimum absolute atomic E-state index is 0.210. The predicted molar refractivity (Wildman–Crippen MR) is 109 cm³/mol. The molecule has 0 saturated carbocycles. The van der Waals surface area contributed by atoms with Crippen molar-refractivity contribution in [1.82, 2.24) is 9.97 Å². The van der Waals surface area contributed by atoms with Gasteiger partial charge in [0.1, 0.15) is 0 Å². The number of hydrogen-bond donors (Lipinski definition) is 2. The predicted octanol–water partition coefficient (Wildman–Crippen LogP) is 4.77. The van der Waals surface area contributed by atoms with Crippen molar-refractivity contribution >= 4 is 43.5 Å². The van der Waals surface area contributed by atoms with Gasteiger partial charge >= 0.3 is 0 Å². The highest BCUT2D eigenvalue weighted by Gasteiger charge is 2.13. The molecule has 0 aliphatic rings. The van der Waals surface area contributed by atoms with Crippen molar-refractivity contribution in [3.05, 3.63) is 68.2 Å². The molecule has 2 N–H and O–H groups in total. The average molecular weight is 501 g/mol. The summed E-state index contributed by atoms with van der Waals surface area (Å²) in [6.45, 7) is -0.295. The third-order valence-electron chi connectivity index (χ3n) is 3.52. The maximum absolute atomic E-state index is 9.50. The standard InChI is InChI=1S/C19H11Br2N5O2/c20-15-5-12(9-23)6-16(21)18(15)28-17-7-14(10-27)25-19(26-17)24-13-3-1-11(8-22)2-4-13/h1-7,27H,10H2,(H,24,25,26). The van der Waals surface area contributed by atoms with E-state index in [4.69, 9.17) is 15.3 Å². The van der Waals surface area contributed by atoms with Crippen molar-refractivity contribution in [2.75, 3.05) is 5.32 Å². The lowest BCUT2D eigenvalue weighted by atomic mass is 10.2. The Morgan fingerprint density at radius 1 is 0.964 bits per heavy atom. The molecule has 28 heavy (non-hydrogen) atoms. The van der Waals surface area contributed by atoms with Gasteiger partial charge in [-0.05, 0) is 68.3 Å². The van der Waals surface area contributed by atoms with Crippen LogP contribution in [-0.2, 0) is 6.61 Å². The molecule has 138 valence electrons. The molecule has 7 nitrogen and oxygen atoms in total. The van der Waals surface area contributed by atoms with Gasteiger partial charge in [0, 0.05) is 11.8 Å². The molecule has 1 heterocycles. The van der Waals surface area contributed by atoms with Gasteiger partial charge in [0.05, 0.1) is 44.5 Å². The van der Waals surface area contributed by atoms with Gasteiger partial charge in [0.25, 0.3) is 0 Å². The van der Waals surface area contributed by atoms with Crippen LogP contribution in [0.25, 0.3) is 0 Å². The molecule has 0 atom stereocenters. The molecule has 0 amide bonds. The van der Waals surface area contributed by atoms with Crippen LogP contribution >= 0.6 is 31.9 Å². The second-order valence-corrected chi connectivity index (χ2v) is 7.18. The lowest BCUT2D eigenvalue weighted by molar-refractivity contribution is 0.276. The zero-order chi connectivity index (χ0) is 20.1. The Balaban J connectivity index is 1.91. The van der Waals surface area contributed by atoms with Crippen molar-refractivity contribution in [3.8, 4) is 23.8 Å². The van der Waals surface area contributed by atoms with Gasteiger partial charge in [0.2, 0.25) is 11.8 Å². The molecule has 0 spiro atoms. The number of anilines is 2. The highest BCUT2D eigenvalue weighted by atomic mass is 79.9. The minimum Gasteiger partial charge on any atom is -0.436 e. The first-order chi connectivity index (χ1) is 13.5. The minimum atomic E-state index is -0.295. The van der Waals surface area contributed by atoms with Gasteiger partial charge < -0.3 is 15.2 Å². The third-order valence-corrected chi connectivity index (χ3v) is 4.70. The Bertz CT molecular complexity index is 1080. The van der Waals surface area contributed by atoms with E-state index >= 15 is 0 Å². The summed E-state index contributed by atoms with van der Waals surface area (Å²) in [7, 11) is 0. The van der Waals surface area contributed by atoms with E-state index < -0.39 is 0 Å². The van der Waals surface area contributed by atoms with Crippen LogP contribution < -0.4 is 10.1 Å². The molecule has 0 unspecified atom stereocenters. The number of nitrogens with zero attached hydrogens (tertiary/aromatic N) is 4. The second kappa shape index (κ2) is 8.81. The van der Waals surface area contributed by atoms with Crippen LogP contribution in [0.15, 0.2) is 51.4 Å². The molecule has 0 bridgehead atoms. The summed E-state index contributed by atoms with van der Waals surface area (Å²) >= 11 is 6.75. The molecular formula is C19H11Br2N5O2. The van der Waals surface area contributed by atoms with E-state index in [-0.39, 0.29) is 18.4 Å². The highest BCUT2D eigenvalue weighted by Crippen LogP contribution is 2.37. The van der Waals surface area contributed by atoms with Crippen LogP contribution in [0.5, 0.6) is 11.6 Å². The maximum atomic E-state index is 9.50. The number of hydrogen-bond acceptors (Lipinski definition) is 7. The number of nitriles is 2. The summed E-state index contributed by atoms with van der Waals surface area (Å²) in [6.07, 6.45) is 0. The number of rotatable bonds is 5. The number of aliphatic hydroxyl groups excluding tert-OH is 1. The lowest BCUT2D eigenvalue weighted by Crippen LogP contribution is -2.02. The van der Waals surface area contributed by atoms with Crippen LogP contribution in [0.4, 0.5) is 11.6 Å². The largest absolute Gasteiger partial charge is 0.436 e. The van der Waals surface area contributed by atoms with Crippen LogP contribution in [0, 0.1) is 22.7 Å². The van der Waals surface area contributed by atoms with Crippen LogP contribution in [0.3, 0.4) is 0 Å². The number of aliphatic hydroxyl groups is 1. The molecule has 0 radical (unpaired) electrons. The summed E-state index contributed by atoms with van der Waals surface area (Å²) < 4.78 is 7.00. The molecule has 0 fully saturated rings. The number of benzene rings is 2. The monoisotopic (exact) mass is 499 g/mol. The van der Waals surface area contributed by atoms with E-state index in [1.54, 1.807) is 36.4 Å². The Morgan fingerprint density at radius 3 is 2.18 bits per heavy atom. The third kappa shape index (κ3) is 4.65. The zero-order valence-corrected chi connectivity index (χ0v) is 17.3. The van der Waals surface area contributed by atoms with Gasteiger partial charge in [-0.3, -0.25) is 0 Å². The van der Waals surface area contributed by atoms with Gasteiger partial charge in [-0.1, -0.05) is 0 Å². The molecule has 3 aromatic rings. The number of aromatic nitrogens is 2. The Morgan fingerprint density at radius 2 is 1.61 bits per heavy atom. The Labute approximate surface area is 177 Å².